The van der Waals surface area contributed by atoms with Gasteiger partial charge in [-0.15, -0.1) is 11.3 Å². The second kappa shape index (κ2) is 11.6. The molecule has 0 spiro atoms. The average Bonchev–Trinajstić information content (AvgIpc) is 3.76. The first kappa shape index (κ1) is 30.6. The van der Waals surface area contributed by atoms with Crippen molar-refractivity contribution in [1.29, 1.82) is 0 Å². The molecule has 2 amide bonds. The number of nitrogens with zero attached hydrogens (tertiary/aromatic N) is 1. The third kappa shape index (κ3) is 4.32. The van der Waals surface area contributed by atoms with Gasteiger partial charge in [-0.25, -0.2) is 0 Å². The van der Waals surface area contributed by atoms with Gasteiger partial charge in [0.25, 0.3) is 0 Å². The Kier molecular flexibility index (Phi) is 7.11. The average molecular weight is 676 g/mol. The molecule has 3 aliphatic carbocycles. The molecule has 0 bridgehead atoms. The number of benzene rings is 4. The van der Waals surface area contributed by atoms with E-state index in [-0.39, 0.29) is 42.1 Å². The van der Waals surface area contributed by atoms with Crippen molar-refractivity contribution >= 4 is 51.1 Å². The van der Waals surface area contributed by atoms with E-state index in [4.69, 9.17) is 0 Å². The van der Waals surface area contributed by atoms with Gasteiger partial charge in [-0.3, -0.25) is 24.1 Å². The number of hydrogen-bond acceptors (Lipinski definition) is 6. The van der Waals surface area contributed by atoms with E-state index >= 15 is 9.59 Å². The third-order valence-electron chi connectivity index (χ3n) is 11.6. The number of ketones is 2. The Labute approximate surface area is 293 Å². The first-order valence-corrected chi connectivity index (χ1v) is 18.0. The van der Waals surface area contributed by atoms with Crippen LogP contribution in [0.1, 0.15) is 40.3 Å². The van der Waals surface area contributed by atoms with Crippen molar-refractivity contribution in [3.05, 3.63) is 154 Å². The summed E-state index contributed by atoms with van der Waals surface area (Å²) in [6.45, 7) is 0.216. The van der Waals surface area contributed by atoms with E-state index in [2.05, 4.69) is 0 Å². The smallest absolute Gasteiger partial charge is 0.234 e. The number of aromatic hydroxyl groups is 1. The minimum Gasteiger partial charge on any atom is -0.508 e. The Morgan fingerprint density at radius 3 is 2.28 bits per heavy atom. The molecule has 1 aliphatic heterocycles. The summed E-state index contributed by atoms with van der Waals surface area (Å²) in [6.07, 6.45) is 4.12. The summed E-state index contributed by atoms with van der Waals surface area (Å²) >= 11 is 1.51. The number of thiophene rings is 1. The normalized spacial score (nSPS) is 27.4. The number of likely N-dealkylation sites (tertiary alicyclic amines) is 1. The number of phenolic OH excluding ortho intramolecular Hbond substituents is 1. The highest BCUT2D eigenvalue weighted by molar-refractivity contribution is 7.09. The summed E-state index contributed by atoms with van der Waals surface area (Å²) in [5.74, 6) is -4.14. The molecule has 246 valence electrons. The Morgan fingerprint density at radius 1 is 0.780 bits per heavy atom. The van der Waals surface area contributed by atoms with Crippen molar-refractivity contribution in [3.63, 3.8) is 0 Å². The maximum Gasteiger partial charge on any atom is 0.234 e. The number of allylic oxidation sites excluding steroid dienone is 4. The number of fused-ring (bicyclic) bond motifs is 5. The van der Waals surface area contributed by atoms with E-state index in [1.54, 1.807) is 6.07 Å². The predicted molar refractivity (Wildman–Crippen MR) is 192 cm³/mol. The van der Waals surface area contributed by atoms with E-state index < -0.39 is 35.0 Å². The van der Waals surface area contributed by atoms with Crippen LogP contribution in [-0.4, -0.2) is 33.4 Å². The van der Waals surface area contributed by atoms with Crippen LogP contribution in [0.5, 0.6) is 5.75 Å². The van der Waals surface area contributed by atoms with Gasteiger partial charge in [0, 0.05) is 27.8 Å². The molecule has 5 aromatic rings. The van der Waals surface area contributed by atoms with Crippen molar-refractivity contribution in [2.75, 3.05) is 0 Å². The lowest BCUT2D eigenvalue weighted by atomic mass is 9.44. The molecule has 7 heteroatoms. The zero-order valence-electron chi connectivity index (χ0n) is 27.1. The quantitative estimate of drug-likeness (QED) is 0.153. The number of amides is 2. The van der Waals surface area contributed by atoms with Crippen molar-refractivity contribution in [2.24, 2.45) is 23.7 Å². The van der Waals surface area contributed by atoms with Crippen molar-refractivity contribution < 1.29 is 24.3 Å². The first-order valence-electron chi connectivity index (χ1n) is 17.1. The summed E-state index contributed by atoms with van der Waals surface area (Å²) in [6, 6.07) is 33.8. The van der Waals surface area contributed by atoms with Crippen LogP contribution in [0.3, 0.4) is 0 Å². The minimum absolute atomic E-state index is 0.0256. The second-order valence-corrected chi connectivity index (χ2v) is 14.9. The Morgan fingerprint density at radius 2 is 1.52 bits per heavy atom. The third-order valence-corrected chi connectivity index (χ3v) is 12.5. The zero-order valence-corrected chi connectivity index (χ0v) is 27.9. The van der Waals surface area contributed by atoms with Crippen LogP contribution in [0.15, 0.2) is 132 Å². The molecule has 0 radical (unpaired) electrons. The standard InChI is InChI=1S/C43H33NO5S/c45-35-20-17-26-12-7-8-16-29(26)38(35)39-30-18-19-31-37(42(49)44(41(31)48)24-28-15-9-21-50-28)33(30)22-34-40(47)32(25-10-3-1-4-11-25)23-36(46)43(34,39)27-13-5-2-6-14-27/h1-18,20-21,23,31,33-34,37,39,45H,19,22,24H2. The number of phenols is 1. The van der Waals surface area contributed by atoms with Crippen LogP contribution in [0.4, 0.5) is 0 Å². The molecule has 1 saturated carbocycles. The molecule has 4 aromatic carbocycles. The highest BCUT2D eigenvalue weighted by Crippen LogP contribution is 2.65. The Bertz CT molecular complexity index is 2270. The molecule has 1 aromatic heterocycles. The van der Waals surface area contributed by atoms with Crippen molar-refractivity contribution in [2.45, 2.75) is 30.7 Å². The Balaban J connectivity index is 1.31. The lowest BCUT2D eigenvalue weighted by Crippen LogP contribution is -2.58. The molecular weight excluding hydrogens is 643 g/mol. The summed E-state index contributed by atoms with van der Waals surface area (Å²) in [7, 11) is 0. The van der Waals surface area contributed by atoms with Gasteiger partial charge in [0.1, 0.15) is 5.75 Å². The monoisotopic (exact) mass is 675 g/mol. The molecule has 6 unspecified atom stereocenters. The predicted octanol–water partition coefficient (Wildman–Crippen LogP) is 7.63. The fourth-order valence-corrected chi connectivity index (χ4v) is 10.2. The molecule has 9 rings (SSSR count). The summed E-state index contributed by atoms with van der Waals surface area (Å²) in [5, 5.41) is 15.5. The van der Waals surface area contributed by atoms with Crippen LogP contribution in [0.2, 0.25) is 0 Å². The molecule has 2 fully saturated rings. The van der Waals surface area contributed by atoms with Crippen molar-refractivity contribution in [3.8, 4) is 5.75 Å². The SMILES string of the molecule is O=C1C(c2ccccc2)=CC(=O)C2(c3ccccc3)C1CC1C(=CCC3C(=O)N(Cc4cccs4)C(=O)C31)C2c1c(O)ccc2ccccc12. The lowest BCUT2D eigenvalue weighted by molar-refractivity contribution is -0.141. The molecular formula is C43H33NO5S. The molecule has 6 nitrogen and oxygen atoms in total. The molecule has 6 atom stereocenters. The van der Waals surface area contributed by atoms with Gasteiger partial charge >= 0.3 is 0 Å². The minimum atomic E-state index is -1.41. The number of carbonyl (C=O) groups is 4. The van der Waals surface area contributed by atoms with Gasteiger partial charge in [-0.1, -0.05) is 109 Å². The molecule has 1 saturated heterocycles. The van der Waals surface area contributed by atoms with E-state index in [1.807, 2.05) is 115 Å². The van der Waals surface area contributed by atoms with Crippen LogP contribution in [0, 0.1) is 23.7 Å². The lowest BCUT2D eigenvalue weighted by Gasteiger charge is -2.55. The summed E-state index contributed by atoms with van der Waals surface area (Å²) in [4.78, 5) is 61.2. The van der Waals surface area contributed by atoms with Crippen LogP contribution >= 0.6 is 11.3 Å². The van der Waals surface area contributed by atoms with Crippen LogP contribution < -0.4 is 0 Å². The molecule has 1 N–H and O–H groups in total. The van der Waals surface area contributed by atoms with Gasteiger partial charge in [0.15, 0.2) is 11.6 Å². The maximum absolute atomic E-state index is 15.3. The maximum atomic E-state index is 15.3. The number of rotatable bonds is 5. The zero-order chi connectivity index (χ0) is 34.1. The second-order valence-electron chi connectivity index (χ2n) is 13.8. The van der Waals surface area contributed by atoms with Gasteiger partial charge in [0.05, 0.1) is 23.8 Å². The van der Waals surface area contributed by atoms with Gasteiger partial charge in [-0.05, 0) is 64.2 Å². The van der Waals surface area contributed by atoms with E-state index in [0.29, 0.717) is 28.7 Å². The number of Topliss-reactive ketones (excluding diaryl/α,β-unsaturated/α-hetero) is 1. The number of carbonyl (C=O) groups excluding carboxylic acids is 4. The highest BCUT2D eigenvalue weighted by atomic mass is 32.1. The number of imide groups is 1. The highest BCUT2D eigenvalue weighted by Gasteiger charge is 2.66. The first-order chi connectivity index (χ1) is 24.4. The fourth-order valence-electron chi connectivity index (χ4n) is 9.56. The largest absolute Gasteiger partial charge is 0.508 e. The van der Waals surface area contributed by atoms with Crippen molar-refractivity contribution in [1.82, 2.24) is 4.90 Å². The van der Waals surface area contributed by atoms with E-state index in [0.717, 1.165) is 21.2 Å². The summed E-state index contributed by atoms with van der Waals surface area (Å²) < 4.78 is 0. The summed E-state index contributed by atoms with van der Waals surface area (Å²) in [5.41, 5.74) is 1.70. The molecule has 4 aliphatic rings. The number of hydrogen-bond donors (Lipinski definition) is 1. The van der Waals surface area contributed by atoms with E-state index in [1.165, 1.54) is 22.3 Å². The molecule has 2 heterocycles. The van der Waals surface area contributed by atoms with Gasteiger partial charge in [0.2, 0.25) is 11.8 Å². The van der Waals surface area contributed by atoms with Crippen LogP contribution in [-0.2, 0) is 31.1 Å². The van der Waals surface area contributed by atoms with Crippen LogP contribution in [0.25, 0.3) is 16.3 Å². The van der Waals surface area contributed by atoms with Gasteiger partial charge < -0.3 is 5.11 Å². The van der Waals surface area contributed by atoms with Gasteiger partial charge in [-0.2, -0.15) is 0 Å². The van der Waals surface area contributed by atoms with E-state index in [9.17, 15) is 14.7 Å². The topological polar surface area (TPSA) is 91.8 Å². The Hall–Kier alpha value is -5.40. The molecule has 50 heavy (non-hydrogen) atoms. The fraction of sp³-hybridized carbons (Fsp3) is 0.209.